The Morgan fingerprint density at radius 3 is 1.80 bits per heavy atom. The van der Waals surface area contributed by atoms with Crippen molar-refractivity contribution in [3.8, 4) is 22.5 Å². The van der Waals surface area contributed by atoms with E-state index in [1.165, 1.54) is 21.8 Å². The van der Waals surface area contributed by atoms with Gasteiger partial charge in [-0.25, -0.2) is 0 Å². The number of hydrogen-bond acceptors (Lipinski definition) is 1. The van der Waals surface area contributed by atoms with Crippen molar-refractivity contribution in [1.29, 1.82) is 0 Å². The molecule has 0 saturated heterocycles. The SMILES string of the molecule is O=P1(c2ccccc2)c2ccccc2-c2ccc3c(c21)c1ccccc1n3-c1ccc2c(c1)c1ccccc1n2-c1ccccc1. The van der Waals surface area contributed by atoms with E-state index in [1.54, 1.807) is 0 Å². The Morgan fingerprint density at radius 2 is 1.00 bits per heavy atom. The Bertz CT molecular complexity index is 2720. The highest BCUT2D eigenvalue weighted by atomic mass is 31.2. The van der Waals surface area contributed by atoms with E-state index in [9.17, 15) is 0 Å². The number of hydrogen-bond donors (Lipinski definition) is 0. The van der Waals surface area contributed by atoms with Crippen LogP contribution in [-0.4, -0.2) is 9.13 Å². The minimum Gasteiger partial charge on any atom is -0.309 e. The van der Waals surface area contributed by atoms with Crippen molar-refractivity contribution in [3.63, 3.8) is 0 Å². The zero-order chi connectivity index (χ0) is 30.4. The molecule has 7 aromatic carbocycles. The number of rotatable bonds is 3. The maximum absolute atomic E-state index is 15.7. The highest BCUT2D eigenvalue weighted by Gasteiger charge is 2.42. The lowest BCUT2D eigenvalue weighted by molar-refractivity contribution is 0.593. The smallest absolute Gasteiger partial charge is 0.172 e. The molecule has 2 aromatic heterocycles. The molecule has 3 nitrogen and oxygen atoms in total. The molecule has 9 aromatic rings. The molecule has 10 rings (SSSR count). The molecule has 0 aliphatic carbocycles. The first-order chi connectivity index (χ1) is 22.7. The number of para-hydroxylation sites is 3. The van der Waals surface area contributed by atoms with E-state index >= 15 is 4.57 Å². The second kappa shape index (κ2) is 9.44. The second-order valence-electron chi connectivity index (χ2n) is 12.1. The van der Waals surface area contributed by atoms with Gasteiger partial charge >= 0.3 is 0 Å². The first-order valence-corrected chi connectivity index (χ1v) is 17.4. The van der Waals surface area contributed by atoms with Crippen molar-refractivity contribution in [2.75, 3.05) is 0 Å². The lowest BCUT2D eigenvalue weighted by Gasteiger charge is -2.17. The predicted molar refractivity (Wildman–Crippen MR) is 194 cm³/mol. The highest BCUT2D eigenvalue weighted by Crippen LogP contribution is 2.55. The standard InChI is InChI=1S/C42H27N2OP/c45-46(30-15-5-2-6-16-30)40-22-12-9-18-32(40)33-24-26-39-41(42(33)46)34-19-8-11-21-37(34)44(39)29-23-25-38-35(27-29)31-17-7-10-20-36(31)43(38)28-13-3-1-4-14-28/h1-27H. The van der Waals surface area contributed by atoms with Gasteiger partial charge in [-0.15, -0.1) is 0 Å². The zero-order valence-corrected chi connectivity index (χ0v) is 25.7. The fourth-order valence-corrected chi connectivity index (χ4v) is 11.1. The van der Waals surface area contributed by atoms with Gasteiger partial charge in [0.05, 0.1) is 22.1 Å². The maximum Gasteiger partial charge on any atom is 0.172 e. The lowest BCUT2D eigenvalue weighted by atomic mass is 10.0. The lowest BCUT2D eigenvalue weighted by Crippen LogP contribution is -2.21. The summed E-state index contributed by atoms with van der Waals surface area (Å²) < 4.78 is 20.4. The van der Waals surface area contributed by atoms with E-state index in [-0.39, 0.29) is 0 Å². The molecule has 46 heavy (non-hydrogen) atoms. The third-order valence-corrected chi connectivity index (χ3v) is 12.9. The fourth-order valence-electron chi connectivity index (χ4n) is 7.82. The maximum atomic E-state index is 15.7. The third kappa shape index (κ3) is 3.30. The van der Waals surface area contributed by atoms with Crippen molar-refractivity contribution in [2.24, 2.45) is 0 Å². The summed E-state index contributed by atoms with van der Waals surface area (Å²) in [5.74, 6) is 0. The van der Waals surface area contributed by atoms with Crippen LogP contribution in [-0.2, 0) is 4.57 Å². The average molecular weight is 607 g/mol. The van der Waals surface area contributed by atoms with Gasteiger partial charge in [-0.2, -0.15) is 0 Å². The Labute approximate surface area is 266 Å². The summed E-state index contributed by atoms with van der Waals surface area (Å²) in [6.07, 6.45) is 0. The van der Waals surface area contributed by atoms with Crippen molar-refractivity contribution < 1.29 is 4.57 Å². The van der Waals surface area contributed by atoms with E-state index in [0.29, 0.717) is 0 Å². The first kappa shape index (κ1) is 25.7. The molecule has 0 radical (unpaired) electrons. The summed E-state index contributed by atoms with van der Waals surface area (Å²) in [6.45, 7) is 0. The molecule has 216 valence electrons. The van der Waals surface area contributed by atoms with Crippen molar-refractivity contribution in [2.45, 2.75) is 0 Å². The van der Waals surface area contributed by atoms with Crippen LogP contribution in [0.5, 0.6) is 0 Å². The van der Waals surface area contributed by atoms with Gasteiger partial charge in [-0.05, 0) is 59.7 Å². The average Bonchev–Trinajstić information content (AvgIpc) is 3.73. The molecule has 1 atom stereocenters. The molecular formula is C42H27N2OP. The van der Waals surface area contributed by atoms with Crippen molar-refractivity contribution in [3.05, 3.63) is 164 Å². The molecule has 0 bridgehead atoms. The van der Waals surface area contributed by atoms with E-state index in [1.807, 2.05) is 36.4 Å². The third-order valence-electron chi connectivity index (χ3n) is 9.71. The topological polar surface area (TPSA) is 26.9 Å². The second-order valence-corrected chi connectivity index (χ2v) is 14.7. The fraction of sp³-hybridized carbons (Fsp3) is 0. The molecule has 0 fully saturated rings. The van der Waals surface area contributed by atoms with Gasteiger partial charge in [-0.1, -0.05) is 115 Å². The van der Waals surface area contributed by atoms with Gasteiger partial charge < -0.3 is 13.7 Å². The number of nitrogens with zero attached hydrogens (tertiary/aromatic N) is 2. The van der Waals surface area contributed by atoms with Gasteiger partial charge in [0.15, 0.2) is 7.14 Å². The Hall–Kier alpha value is -5.63. The van der Waals surface area contributed by atoms with Crippen LogP contribution in [0.4, 0.5) is 0 Å². The van der Waals surface area contributed by atoms with Crippen LogP contribution in [0.3, 0.4) is 0 Å². The van der Waals surface area contributed by atoms with Crippen LogP contribution in [0.2, 0.25) is 0 Å². The molecule has 1 aliphatic rings. The van der Waals surface area contributed by atoms with Gasteiger partial charge in [-0.3, -0.25) is 0 Å². The molecule has 0 amide bonds. The van der Waals surface area contributed by atoms with Crippen LogP contribution < -0.4 is 15.9 Å². The monoisotopic (exact) mass is 606 g/mol. The van der Waals surface area contributed by atoms with E-state index in [4.69, 9.17) is 0 Å². The molecule has 0 saturated carbocycles. The Morgan fingerprint density at radius 1 is 0.413 bits per heavy atom. The number of aromatic nitrogens is 2. The molecule has 0 N–H and O–H groups in total. The summed E-state index contributed by atoms with van der Waals surface area (Å²) in [4.78, 5) is 0. The van der Waals surface area contributed by atoms with Crippen LogP contribution in [0.15, 0.2) is 164 Å². The number of benzene rings is 7. The molecular weight excluding hydrogens is 579 g/mol. The zero-order valence-electron chi connectivity index (χ0n) is 24.8. The van der Waals surface area contributed by atoms with E-state index in [0.717, 1.165) is 60.2 Å². The Balaban J connectivity index is 1.31. The van der Waals surface area contributed by atoms with Gasteiger partial charge in [0.25, 0.3) is 0 Å². The quantitative estimate of drug-likeness (QED) is 0.184. The molecule has 4 heteroatoms. The van der Waals surface area contributed by atoms with Crippen LogP contribution in [0, 0.1) is 0 Å². The number of fused-ring (bicyclic) bond motifs is 10. The minimum absolute atomic E-state index is 0.876. The van der Waals surface area contributed by atoms with Crippen LogP contribution in [0.25, 0.3) is 66.1 Å². The minimum atomic E-state index is -3.15. The molecule has 1 aliphatic heterocycles. The summed E-state index contributed by atoms with van der Waals surface area (Å²) in [5, 5.41) is 7.36. The molecule has 3 heterocycles. The Kier molecular flexibility index (Phi) is 5.27. The van der Waals surface area contributed by atoms with E-state index < -0.39 is 7.14 Å². The normalized spacial score (nSPS) is 15.6. The van der Waals surface area contributed by atoms with Gasteiger partial charge in [0.1, 0.15) is 0 Å². The van der Waals surface area contributed by atoms with Crippen LogP contribution >= 0.6 is 7.14 Å². The molecule has 0 spiro atoms. The van der Waals surface area contributed by atoms with Crippen molar-refractivity contribution >= 4 is 66.7 Å². The highest BCUT2D eigenvalue weighted by molar-refractivity contribution is 7.86. The van der Waals surface area contributed by atoms with E-state index in [2.05, 4.69) is 137 Å². The summed E-state index contributed by atoms with van der Waals surface area (Å²) >= 11 is 0. The largest absolute Gasteiger partial charge is 0.309 e. The van der Waals surface area contributed by atoms with Gasteiger partial charge in [0.2, 0.25) is 0 Å². The molecule has 1 unspecified atom stereocenters. The summed E-state index contributed by atoms with van der Waals surface area (Å²) in [6, 6.07) is 57.3. The summed E-state index contributed by atoms with van der Waals surface area (Å²) in [7, 11) is -3.15. The van der Waals surface area contributed by atoms with Gasteiger partial charge in [0, 0.05) is 48.8 Å². The predicted octanol–water partition coefficient (Wildman–Crippen LogP) is 9.50. The van der Waals surface area contributed by atoms with Crippen LogP contribution in [0.1, 0.15) is 0 Å². The first-order valence-electron chi connectivity index (χ1n) is 15.6. The van der Waals surface area contributed by atoms with Crippen molar-refractivity contribution in [1.82, 2.24) is 9.13 Å². The summed E-state index contributed by atoms with van der Waals surface area (Å²) in [5.41, 5.74) is 8.88.